The first-order chi connectivity index (χ1) is 12.5. The molecule has 2 amide bonds. The first-order valence-corrected chi connectivity index (χ1v) is 8.50. The maximum absolute atomic E-state index is 12.1. The van der Waals surface area contributed by atoms with Gasteiger partial charge in [-0.05, 0) is 32.0 Å². The summed E-state index contributed by atoms with van der Waals surface area (Å²) < 4.78 is 16.2. The Morgan fingerprint density at radius 3 is 2.42 bits per heavy atom. The van der Waals surface area contributed by atoms with Crippen molar-refractivity contribution in [1.29, 1.82) is 0 Å². The molecule has 2 aromatic rings. The highest BCUT2D eigenvalue weighted by atomic mass is 16.5. The highest BCUT2D eigenvalue weighted by Gasteiger charge is 2.14. The van der Waals surface area contributed by atoms with E-state index in [2.05, 4.69) is 10.6 Å². The lowest BCUT2D eigenvalue weighted by Crippen LogP contribution is -2.39. The molecule has 1 atom stereocenters. The molecule has 0 spiro atoms. The Morgan fingerprint density at radius 2 is 1.73 bits per heavy atom. The van der Waals surface area contributed by atoms with Gasteiger partial charge in [0.1, 0.15) is 12.4 Å². The quantitative estimate of drug-likeness (QED) is 0.709. The fourth-order valence-electron chi connectivity index (χ4n) is 2.58. The smallest absolute Gasteiger partial charge is 0.315 e. The average molecular weight is 358 g/mol. The van der Waals surface area contributed by atoms with Gasteiger partial charge in [0.25, 0.3) is 0 Å². The summed E-state index contributed by atoms with van der Waals surface area (Å²) in [4.78, 5) is 12.1. The van der Waals surface area contributed by atoms with Crippen LogP contribution in [0.25, 0.3) is 0 Å². The Hall–Kier alpha value is -2.89. The third-order valence-corrected chi connectivity index (χ3v) is 3.91. The van der Waals surface area contributed by atoms with E-state index in [1.54, 1.807) is 14.2 Å². The van der Waals surface area contributed by atoms with Crippen LogP contribution in [0.1, 0.15) is 24.1 Å². The zero-order chi connectivity index (χ0) is 18.9. The van der Waals surface area contributed by atoms with E-state index in [0.717, 1.165) is 16.9 Å². The van der Waals surface area contributed by atoms with Crippen molar-refractivity contribution in [3.05, 3.63) is 53.6 Å². The zero-order valence-electron chi connectivity index (χ0n) is 15.7. The van der Waals surface area contributed by atoms with Crippen LogP contribution in [0.4, 0.5) is 4.79 Å². The monoisotopic (exact) mass is 358 g/mol. The lowest BCUT2D eigenvalue weighted by molar-refractivity contribution is 0.232. The topological polar surface area (TPSA) is 68.8 Å². The highest BCUT2D eigenvalue weighted by molar-refractivity contribution is 5.74. The molecule has 0 aliphatic rings. The molecule has 0 saturated carbocycles. The molecule has 2 aromatic carbocycles. The first-order valence-electron chi connectivity index (χ1n) is 8.50. The zero-order valence-corrected chi connectivity index (χ0v) is 15.7. The Balaban J connectivity index is 1.81. The van der Waals surface area contributed by atoms with Crippen LogP contribution in [0, 0.1) is 6.92 Å². The fourth-order valence-corrected chi connectivity index (χ4v) is 2.58. The molecular formula is C20H26N2O4. The second-order valence-corrected chi connectivity index (χ2v) is 5.87. The normalized spacial score (nSPS) is 11.4. The molecule has 0 saturated heterocycles. The van der Waals surface area contributed by atoms with Crippen LogP contribution in [-0.4, -0.2) is 33.4 Å². The molecule has 1 unspecified atom stereocenters. The first kappa shape index (κ1) is 19.4. The van der Waals surface area contributed by atoms with E-state index >= 15 is 0 Å². The number of urea groups is 1. The molecule has 0 aliphatic heterocycles. The Bertz CT molecular complexity index is 734. The summed E-state index contributed by atoms with van der Waals surface area (Å²) in [6.45, 7) is 4.64. The number of rotatable bonds is 8. The van der Waals surface area contributed by atoms with E-state index < -0.39 is 0 Å². The minimum Gasteiger partial charge on any atom is -0.496 e. The summed E-state index contributed by atoms with van der Waals surface area (Å²) in [6, 6.07) is 12.8. The predicted molar refractivity (Wildman–Crippen MR) is 101 cm³/mol. The maximum atomic E-state index is 12.1. The van der Waals surface area contributed by atoms with E-state index in [-0.39, 0.29) is 12.1 Å². The van der Waals surface area contributed by atoms with E-state index in [1.165, 1.54) is 0 Å². The predicted octanol–water partition coefficient (Wildman–Crippen LogP) is 3.45. The van der Waals surface area contributed by atoms with Crippen molar-refractivity contribution < 1.29 is 19.0 Å². The van der Waals surface area contributed by atoms with Gasteiger partial charge in [0.05, 0.1) is 26.8 Å². The fraction of sp³-hybridized carbons (Fsp3) is 0.350. The maximum Gasteiger partial charge on any atom is 0.315 e. The Labute approximate surface area is 154 Å². The summed E-state index contributed by atoms with van der Waals surface area (Å²) in [5.41, 5.74) is 2.05. The molecule has 0 aliphatic carbocycles. The number of amides is 2. The van der Waals surface area contributed by atoms with Crippen molar-refractivity contribution in [2.45, 2.75) is 19.9 Å². The molecule has 26 heavy (non-hydrogen) atoms. The lowest BCUT2D eigenvalue weighted by Gasteiger charge is -2.18. The number of methoxy groups -OCH3 is 2. The van der Waals surface area contributed by atoms with Crippen molar-refractivity contribution in [1.82, 2.24) is 10.6 Å². The third-order valence-electron chi connectivity index (χ3n) is 3.91. The van der Waals surface area contributed by atoms with Crippen LogP contribution in [0.15, 0.2) is 42.5 Å². The van der Waals surface area contributed by atoms with Crippen LogP contribution >= 0.6 is 0 Å². The molecule has 0 bridgehead atoms. The molecule has 0 aromatic heterocycles. The van der Waals surface area contributed by atoms with E-state index in [0.29, 0.717) is 24.7 Å². The second kappa shape index (κ2) is 9.56. The van der Waals surface area contributed by atoms with Gasteiger partial charge in [-0.2, -0.15) is 0 Å². The minimum atomic E-state index is -0.260. The summed E-state index contributed by atoms with van der Waals surface area (Å²) in [5, 5.41) is 5.70. The number of ether oxygens (including phenoxy) is 3. The summed E-state index contributed by atoms with van der Waals surface area (Å²) in [7, 11) is 3.21. The summed E-state index contributed by atoms with van der Waals surface area (Å²) in [5.74, 6) is 2.06. The molecule has 2 N–H and O–H groups in total. The van der Waals surface area contributed by atoms with Gasteiger partial charge in [-0.3, -0.25) is 0 Å². The van der Waals surface area contributed by atoms with Crippen molar-refractivity contribution in [2.75, 3.05) is 27.4 Å². The van der Waals surface area contributed by atoms with Crippen LogP contribution < -0.4 is 24.8 Å². The number of benzene rings is 2. The number of aryl methyl sites for hydroxylation is 1. The number of para-hydroxylation sites is 2. The van der Waals surface area contributed by atoms with Crippen molar-refractivity contribution in [2.24, 2.45) is 0 Å². The van der Waals surface area contributed by atoms with Gasteiger partial charge >= 0.3 is 6.03 Å². The van der Waals surface area contributed by atoms with Crippen LogP contribution in [0.2, 0.25) is 0 Å². The van der Waals surface area contributed by atoms with E-state index in [1.807, 2.05) is 56.3 Å². The summed E-state index contributed by atoms with van der Waals surface area (Å²) >= 11 is 0. The summed E-state index contributed by atoms with van der Waals surface area (Å²) in [6.07, 6.45) is 0. The van der Waals surface area contributed by atoms with Gasteiger partial charge in [0, 0.05) is 5.56 Å². The standard InChI is InChI=1S/C20H26N2O4/c1-14-9-10-17(24-3)16(13-14)15(2)22-20(23)21-11-12-26-19-8-6-5-7-18(19)25-4/h5-10,13,15H,11-12H2,1-4H3,(H2,21,22,23). The highest BCUT2D eigenvalue weighted by Crippen LogP contribution is 2.26. The molecule has 0 fully saturated rings. The molecule has 2 rings (SSSR count). The number of carbonyl (C=O) groups excluding carboxylic acids is 1. The van der Waals surface area contributed by atoms with Gasteiger partial charge in [-0.25, -0.2) is 4.79 Å². The molecule has 6 nitrogen and oxygen atoms in total. The largest absolute Gasteiger partial charge is 0.496 e. The molecular weight excluding hydrogens is 332 g/mol. The number of nitrogens with one attached hydrogen (secondary N) is 2. The van der Waals surface area contributed by atoms with Gasteiger partial charge in [-0.15, -0.1) is 0 Å². The van der Waals surface area contributed by atoms with E-state index in [9.17, 15) is 4.79 Å². The average Bonchev–Trinajstić information content (AvgIpc) is 2.65. The Morgan fingerprint density at radius 1 is 1.04 bits per heavy atom. The van der Waals surface area contributed by atoms with Gasteiger partial charge < -0.3 is 24.8 Å². The number of carbonyl (C=O) groups is 1. The van der Waals surface area contributed by atoms with Crippen LogP contribution in [0.5, 0.6) is 17.2 Å². The SMILES string of the molecule is COc1ccccc1OCCNC(=O)NC(C)c1cc(C)ccc1OC. The molecule has 0 heterocycles. The Kier molecular flexibility index (Phi) is 7.14. The van der Waals surface area contributed by atoms with Crippen molar-refractivity contribution >= 4 is 6.03 Å². The van der Waals surface area contributed by atoms with Crippen LogP contribution in [-0.2, 0) is 0 Å². The number of hydrogen-bond acceptors (Lipinski definition) is 4. The van der Waals surface area contributed by atoms with Gasteiger partial charge in [-0.1, -0.05) is 29.8 Å². The van der Waals surface area contributed by atoms with Crippen LogP contribution in [0.3, 0.4) is 0 Å². The minimum absolute atomic E-state index is 0.181. The molecule has 140 valence electrons. The number of hydrogen-bond donors (Lipinski definition) is 2. The van der Waals surface area contributed by atoms with Gasteiger partial charge in [0.2, 0.25) is 0 Å². The van der Waals surface area contributed by atoms with E-state index in [4.69, 9.17) is 14.2 Å². The molecule has 6 heteroatoms. The second-order valence-electron chi connectivity index (χ2n) is 5.87. The lowest BCUT2D eigenvalue weighted by atomic mass is 10.0. The molecule has 0 radical (unpaired) electrons. The van der Waals surface area contributed by atoms with Gasteiger partial charge in [0.15, 0.2) is 11.5 Å². The van der Waals surface area contributed by atoms with Crippen molar-refractivity contribution in [3.63, 3.8) is 0 Å². The third kappa shape index (κ3) is 5.31. The van der Waals surface area contributed by atoms with Crippen molar-refractivity contribution in [3.8, 4) is 17.2 Å².